The summed E-state index contributed by atoms with van der Waals surface area (Å²) in [6.45, 7) is 1.92. The van der Waals surface area contributed by atoms with Crippen LogP contribution in [-0.4, -0.2) is 31.3 Å². The summed E-state index contributed by atoms with van der Waals surface area (Å²) in [4.78, 5) is 0. The van der Waals surface area contributed by atoms with E-state index in [9.17, 15) is 8.42 Å². The Balaban J connectivity index is 2.49. The third kappa shape index (κ3) is 4.81. The molecule has 4 N–H and O–H groups in total. The molecule has 1 aliphatic rings. The molecule has 106 valence electrons. The monoisotopic (exact) mass is 277 g/mol. The summed E-state index contributed by atoms with van der Waals surface area (Å²) in [7, 11) is -3.35. The number of rotatable bonds is 8. The Labute approximate surface area is 109 Å². The predicted octanol–water partition coefficient (Wildman–Crippen LogP) is 1.01. The van der Waals surface area contributed by atoms with E-state index in [2.05, 4.69) is 9.88 Å². The van der Waals surface area contributed by atoms with Crippen LogP contribution in [0.15, 0.2) is 5.16 Å². The Morgan fingerprint density at radius 3 is 2.67 bits per heavy atom. The quantitative estimate of drug-likeness (QED) is 0.266. The number of amidine groups is 1. The van der Waals surface area contributed by atoms with Crippen molar-refractivity contribution in [3.63, 3.8) is 0 Å². The van der Waals surface area contributed by atoms with Gasteiger partial charge in [-0.05, 0) is 18.8 Å². The molecule has 1 unspecified atom stereocenters. The molecule has 0 bridgehead atoms. The molecule has 0 aromatic rings. The number of oxime groups is 1. The van der Waals surface area contributed by atoms with E-state index in [0.29, 0.717) is 18.8 Å². The largest absolute Gasteiger partial charge is 0.409 e. The summed E-state index contributed by atoms with van der Waals surface area (Å²) in [5.74, 6) is 0.593. The van der Waals surface area contributed by atoms with Crippen LogP contribution < -0.4 is 10.5 Å². The van der Waals surface area contributed by atoms with Crippen molar-refractivity contribution in [1.82, 2.24) is 4.72 Å². The van der Waals surface area contributed by atoms with E-state index in [0.717, 1.165) is 19.3 Å². The Kier molecular flexibility index (Phi) is 5.87. The van der Waals surface area contributed by atoms with Crippen LogP contribution in [0.25, 0.3) is 0 Å². The second kappa shape index (κ2) is 6.94. The van der Waals surface area contributed by atoms with Crippen LogP contribution in [0.4, 0.5) is 0 Å². The summed E-state index contributed by atoms with van der Waals surface area (Å²) in [6.07, 6.45) is 5.46. The van der Waals surface area contributed by atoms with Gasteiger partial charge in [0.25, 0.3) is 0 Å². The van der Waals surface area contributed by atoms with Crippen molar-refractivity contribution < 1.29 is 13.6 Å². The van der Waals surface area contributed by atoms with Crippen molar-refractivity contribution in [2.24, 2.45) is 16.8 Å². The lowest BCUT2D eigenvalue weighted by Gasteiger charge is -2.25. The third-order valence-electron chi connectivity index (χ3n) is 3.39. The highest BCUT2D eigenvalue weighted by atomic mass is 32.2. The second-order valence-electron chi connectivity index (χ2n) is 4.89. The van der Waals surface area contributed by atoms with E-state index in [-0.39, 0.29) is 11.6 Å². The van der Waals surface area contributed by atoms with Crippen LogP contribution in [-0.2, 0) is 10.0 Å². The number of nitrogens with zero attached hydrogens (tertiary/aromatic N) is 1. The van der Waals surface area contributed by atoms with E-state index in [1.54, 1.807) is 0 Å². The van der Waals surface area contributed by atoms with Gasteiger partial charge < -0.3 is 10.9 Å². The van der Waals surface area contributed by atoms with Crippen molar-refractivity contribution in [1.29, 1.82) is 0 Å². The van der Waals surface area contributed by atoms with Gasteiger partial charge in [-0.15, -0.1) is 0 Å². The maximum atomic E-state index is 11.9. The SMILES string of the molecule is CCCC(NS(=O)(=O)CCC1CCC1)C(N)=NO. The maximum Gasteiger partial charge on any atom is 0.212 e. The van der Waals surface area contributed by atoms with E-state index < -0.39 is 16.1 Å². The van der Waals surface area contributed by atoms with Gasteiger partial charge in [0.2, 0.25) is 10.0 Å². The van der Waals surface area contributed by atoms with Crippen LogP contribution in [0.1, 0.15) is 45.4 Å². The summed E-state index contributed by atoms with van der Waals surface area (Å²) < 4.78 is 26.3. The first-order valence-corrected chi connectivity index (χ1v) is 8.11. The summed E-state index contributed by atoms with van der Waals surface area (Å²) in [5.41, 5.74) is 5.48. The molecule has 0 aromatic heterocycles. The summed E-state index contributed by atoms with van der Waals surface area (Å²) >= 11 is 0. The number of hydrogen-bond acceptors (Lipinski definition) is 4. The molecule has 1 atom stereocenters. The van der Waals surface area contributed by atoms with Gasteiger partial charge in [-0.3, -0.25) is 0 Å². The molecule has 0 heterocycles. The molecule has 0 radical (unpaired) electrons. The van der Waals surface area contributed by atoms with E-state index in [4.69, 9.17) is 10.9 Å². The Morgan fingerprint density at radius 1 is 1.56 bits per heavy atom. The molecule has 0 amide bonds. The van der Waals surface area contributed by atoms with Gasteiger partial charge in [-0.25, -0.2) is 13.1 Å². The molecule has 0 spiro atoms. The average Bonchev–Trinajstić information content (AvgIpc) is 2.25. The molecular formula is C11H23N3O3S. The fraction of sp³-hybridized carbons (Fsp3) is 0.909. The van der Waals surface area contributed by atoms with Crippen molar-refractivity contribution in [3.05, 3.63) is 0 Å². The van der Waals surface area contributed by atoms with Crippen molar-refractivity contribution >= 4 is 15.9 Å². The van der Waals surface area contributed by atoms with Gasteiger partial charge in [-0.2, -0.15) is 0 Å². The lowest BCUT2D eigenvalue weighted by molar-refractivity contribution is 0.307. The van der Waals surface area contributed by atoms with Crippen LogP contribution in [0.3, 0.4) is 0 Å². The van der Waals surface area contributed by atoms with Gasteiger partial charge in [0.05, 0.1) is 11.8 Å². The molecule has 1 saturated carbocycles. The van der Waals surface area contributed by atoms with Crippen molar-refractivity contribution in [2.75, 3.05) is 5.75 Å². The van der Waals surface area contributed by atoms with Gasteiger partial charge in [-0.1, -0.05) is 37.8 Å². The number of nitrogens with two attached hydrogens (primary N) is 1. The molecule has 0 aliphatic heterocycles. The molecule has 6 nitrogen and oxygen atoms in total. The van der Waals surface area contributed by atoms with Gasteiger partial charge >= 0.3 is 0 Å². The zero-order chi connectivity index (χ0) is 13.6. The lowest BCUT2D eigenvalue weighted by Crippen LogP contribution is -2.45. The van der Waals surface area contributed by atoms with Gasteiger partial charge in [0, 0.05) is 0 Å². The first kappa shape index (κ1) is 15.2. The average molecular weight is 277 g/mol. The predicted molar refractivity (Wildman–Crippen MR) is 71.0 cm³/mol. The maximum absolute atomic E-state index is 11.9. The number of hydrogen-bond donors (Lipinski definition) is 3. The number of sulfonamides is 1. The van der Waals surface area contributed by atoms with E-state index in [1.807, 2.05) is 6.92 Å². The van der Waals surface area contributed by atoms with E-state index in [1.165, 1.54) is 6.42 Å². The minimum atomic E-state index is -3.35. The lowest BCUT2D eigenvalue weighted by atomic mass is 9.84. The molecule has 0 aromatic carbocycles. The third-order valence-corrected chi connectivity index (χ3v) is 4.81. The van der Waals surface area contributed by atoms with Crippen molar-refractivity contribution in [3.8, 4) is 0 Å². The summed E-state index contributed by atoms with van der Waals surface area (Å²) in [6, 6.07) is -0.605. The Bertz CT molecular complexity index is 377. The highest BCUT2D eigenvalue weighted by Gasteiger charge is 2.24. The minimum absolute atomic E-state index is 0.0796. The molecule has 7 heteroatoms. The highest BCUT2D eigenvalue weighted by Crippen LogP contribution is 2.29. The normalized spacial score (nSPS) is 19.5. The van der Waals surface area contributed by atoms with Crippen molar-refractivity contribution in [2.45, 2.75) is 51.5 Å². The van der Waals surface area contributed by atoms with Gasteiger partial charge in [0.1, 0.15) is 0 Å². The zero-order valence-electron chi connectivity index (χ0n) is 10.8. The minimum Gasteiger partial charge on any atom is -0.409 e. The fourth-order valence-electron chi connectivity index (χ4n) is 2.00. The molecule has 18 heavy (non-hydrogen) atoms. The number of nitrogens with one attached hydrogen (secondary N) is 1. The molecule has 1 fully saturated rings. The van der Waals surface area contributed by atoms with Crippen LogP contribution in [0.2, 0.25) is 0 Å². The fourth-order valence-corrected chi connectivity index (χ4v) is 3.44. The second-order valence-corrected chi connectivity index (χ2v) is 6.76. The zero-order valence-corrected chi connectivity index (χ0v) is 11.6. The Morgan fingerprint density at radius 2 is 2.22 bits per heavy atom. The first-order chi connectivity index (χ1) is 8.48. The topological polar surface area (TPSA) is 105 Å². The smallest absolute Gasteiger partial charge is 0.212 e. The summed E-state index contributed by atoms with van der Waals surface area (Å²) in [5, 5.41) is 11.5. The Hall–Kier alpha value is -0.820. The first-order valence-electron chi connectivity index (χ1n) is 6.46. The van der Waals surface area contributed by atoms with Gasteiger partial charge in [0.15, 0.2) is 5.84 Å². The van der Waals surface area contributed by atoms with E-state index >= 15 is 0 Å². The molecule has 1 rings (SSSR count). The molecular weight excluding hydrogens is 254 g/mol. The standard InChI is InChI=1S/C11H23N3O3S/c1-2-4-10(11(12)13-15)14-18(16,17)8-7-9-5-3-6-9/h9-10,14-15H,2-8H2,1H3,(H2,12,13). The van der Waals surface area contributed by atoms with Crippen LogP contribution >= 0.6 is 0 Å². The van der Waals surface area contributed by atoms with Crippen LogP contribution in [0, 0.1) is 5.92 Å². The molecule has 1 aliphatic carbocycles. The highest BCUT2D eigenvalue weighted by molar-refractivity contribution is 7.89. The van der Waals surface area contributed by atoms with Crippen LogP contribution in [0.5, 0.6) is 0 Å². The molecule has 0 saturated heterocycles.